The first-order chi connectivity index (χ1) is 7.75. The Morgan fingerprint density at radius 3 is 2.75 bits per heavy atom. The highest BCUT2D eigenvalue weighted by Gasteiger charge is 1.97. The van der Waals surface area contributed by atoms with E-state index in [-0.39, 0.29) is 0 Å². The van der Waals surface area contributed by atoms with E-state index in [0.717, 1.165) is 5.33 Å². The van der Waals surface area contributed by atoms with Crippen molar-refractivity contribution in [2.75, 3.05) is 5.33 Å². The summed E-state index contributed by atoms with van der Waals surface area (Å²) in [6, 6.07) is 6.33. The predicted octanol–water partition coefficient (Wildman–Crippen LogP) is 5.73. The van der Waals surface area contributed by atoms with Crippen LogP contribution in [0.25, 0.3) is 6.08 Å². The van der Waals surface area contributed by atoms with Crippen molar-refractivity contribution in [1.82, 2.24) is 0 Å². The summed E-state index contributed by atoms with van der Waals surface area (Å²) in [5, 5.41) is 1.13. The second kappa shape index (κ2) is 8.08. The van der Waals surface area contributed by atoms with Crippen molar-refractivity contribution in [2.24, 2.45) is 0 Å². The zero-order valence-electron chi connectivity index (χ0n) is 9.68. The lowest BCUT2D eigenvalue weighted by Crippen LogP contribution is -1.81. The van der Waals surface area contributed by atoms with Crippen LogP contribution in [0.1, 0.15) is 36.8 Å². The van der Waals surface area contributed by atoms with Crippen molar-refractivity contribution in [2.45, 2.75) is 32.6 Å². The maximum atomic E-state index is 3.55. The summed E-state index contributed by atoms with van der Waals surface area (Å²) in [6.45, 7) is 2.15. The fraction of sp³-hybridized carbons (Fsp3) is 0.429. The Balaban J connectivity index is 2.41. The highest BCUT2D eigenvalue weighted by atomic mass is 79.9. The summed E-state index contributed by atoms with van der Waals surface area (Å²) < 4.78 is 1.19. The number of allylic oxidation sites excluding steroid dienone is 1. The molecule has 0 saturated heterocycles. The molecule has 0 atom stereocenters. The lowest BCUT2D eigenvalue weighted by molar-refractivity contribution is 0.738. The molecule has 1 rings (SSSR count). The molecule has 0 radical (unpaired) electrons. The number of hydrogen-bond acceptors (Lipinski definition) is 0. The SMILES string of the molecule is Cc1c(Br)cccc1/C=C/CCCCCBr. The number of benzene rings is 1. The summed E-state index contributed by atoms with van der Waals surface area (Å²) in [4.78, 5) is 0. The summed E-state index contributed by atoms with van der Waals surface area (Å²) in [5.41, 5.74) is 2.63. The van der Waals surface area contributed by atoms with Crippen LogP contribution in [-0.2, 0) is 0 Å². The van der Waals surface area contributed by atoms with Crippen molar-refractivity contribution >= 4 is 37.9 Å². The Labute approximate surface area is 115 Å². The number of rotatable bonds is 6. The third kappa shape index (κ3) is 4.84. The van der Waals surface area contributed by atoms with Crippen LogP contribution in [-0.4, -0.2) is 5.33 Å². The molecule has 2 heteroatoms. The third-order valence-corrected chi connectivity index (χ3v) is 4.03. The van der Waals surface area contributed by atoms with Crippen LogP contribution in [0, 0.1) is 6.92 Å². The molecule has 0 bridgehead atoms. The third-order valence-electron chi connectivity index (χ3n) is 2.61. The fourth-order valence-electron chi connectivity index (χ4n) is 1.55. The first kappa shape index (κ1) is 14.0. The van der Waals surface area contributed by atoms with Crippen LogP contribution in [0.5, 0.6) is 0 Å². The molecule has 0 unspecified atom stereocenters. The molecule has 0 spiro atoms. The largest absolute Gasteiger partial charge is 0.0928 e. The van der Waals surface area contributed by atoms with E-state index in [2.05, 4.69) is 69.1 Å². The Bertz CT molecular complexity index is 343. The molecule has 88 valence electrons. The highest BCUT2D eigenvalue weighted by Crippen LogP contribution is 2.20. The molecule has 0 amide bonds. The van der Waals surface area contributed by atoms with Crippen LogP contribution in [0.4, 0.5) is 0 Å². The van der Waals surface area contributed by atoms with E-state index in [1.807, 2.05) is 0 Å². The van der Waals surface area contributed by atoms with Gasteiger partial charge in [0.2, 0.25) is 0 Å². The Kier molecular flexibility index (Phi) is 7.06. The van der Waals surface area contributed by atoms with Gasteiger partial charge in [-0.3, -0.25) is 0 Å². The van der Waals surface area contributed by atoms with Gasteiger partial charge in [-0.1, -0.05) is 62.6 Å². The van der Waals surface area contributed by atoms with Crippen LogP contribution in [0.15, 0.2) is 28.7 Å². The smallest absolute Gasteiger partial charge is 0.0210 e. The van der Waals surface area contributed by atoms with Crippen molar-refractivity contribution in [3.8, 4) is 0 Å². The fourth-order valence-corrected chi connectivity index (χ4v) is 2.33. The molecule has 0 N–H and O–H groups in total. The van der Waals surface area contributed by atoms with Crippen molar-refractivity contribution in [3.63, 3.8) is 0 Å². The van der Waals surface area contributed by atoms with E-state index in [9.17, 15) is 0 Å². The predicted molar refractivity (Wildman–Crippen MR) is 80.2 cm³/mol. The number of halogens is 2. The lowest BCUT2D eigenvalue weighted by atomic mass is 10.1. The van der Waals surface area contributed by atoms with Crippen LogP contribution < -0.4 is 0 Å². The van der Waals surface area contributed by atoms with Gasteiger partial charge in [-0.2, -0.15) is 0 Å². The van der Waals surface area contributed by atoms with Crippen LogP contribution in [0.2, 0.25) is 0 Å². The molecule has 0 heterocycles. The van der Waals surface area contributed by atoms with E-state index in [1.54, 1.807) is 0 Å². The van der Waals surface area contributed by atoms with Gasteiger partial charge in [0.15, 0.2) is 0 Å². The zero-order chi connectivity index (χ0) is 11.8. The average molecular weight is 346 g/mol. The molecule has 0 nitrogen and oxygen atoms in total. The Morgan fingerprint density at radius 2 is 2.00 bits per heavy atom. The van der Waals surface area contributed by atoms with Crippen molar-refractivity contribution < 1.29 is 0 Å². The monoisotopic (exact) mass is 344 g/mol. The van der Waals surface area contributed by atoms with E-state index < -0.39 is 0 Å². The molecule has 0 aliphatic heterocycles. The molecule has 0 fully saturated rings. The lowest BCUT2D eigenvalue weighted by Gasteiger charge is -2.02. The van der Waals surface area contributed by atoms with E-state index >= 15 is 0 Å². The van der Waals surface area contributed by atoms with E-state index in [4.69, 9.17) is 0 Å². The minimum Gasteiger partial charge on any atom is -0.0928 e. The van der Waals surface area contributed by atoms with Gasteiger partial charge in [-0.15, -0.1) is 0 Å². The molecule has 0 aliphatic rings. The topological polar surface area (TPSA) is 0 Å². The van der Waals surface area contributed by atoms with Crippen LogP contribution >= 0.6 is 31.9 Å². The molecule has 0 aromatic heterocycles. The molecule has 1 aromatic carbocycles. The van der Waals surface area contributed by atoms with Gasteiger partial charge >= 0.3 is 0 Å². The van der Waals surface area contributed by atoms with Gasteiger partial charge in [0.1, 0.15) is 0 Å². The van der Waals surface area contributed by atoms with Gasteiger partial charge < -0.3 is 0 Å². The second-order valence-corrected chi connectivity index (χ2v) is 5.54. The summed E-state index contributed by atoms with van der Waals surface area (Å²) in [5.74, 6) is 0. The molecule has 0 saturated carbocycles. The zero-order valence-corrected chi connectivity index (χ0v) is 12.9. The average Bonchev–Trinajstić information content (AvgIpc) is 2.29. The van der Waals surface area contributed by atoms with Gasteiger partial charge in [0, 0.05) is 9.80 Å². The normalized spacial score (nSPS) is 11.2. The van der Waals surface area contributed by atoms with Gasteiger partial charge in [0.05, 0.1) is 0 Å². The van der Waals surface area contributed by atoms with Gasteiger partial charge in [-0.05, 0) is 43.4 Å². The molecule has 1 aromatic rings. The maximum absolute atomic E-state index is 3.55. The highest BCUT2D eigenvalue weighted by molar-refractivity contribution is 9.10. The van der Waals surface area contributed by atoms with Gasteiger partial charge in [-0.25, -0.2) is 0 Å². The van der Waals surface area contributed by atoms with E-state index in [1.165, 1.54) is 41.3 Å². The first-order valence-electron chi connectivity index (χ1n) is 5.73. The molecular formula is C14H18Br2. The summed E-state index contributed by atoms with van der Waals surface area (Å²) in [6.07, 6.45) is 9.57. The van der Waals surface area contributed by atoms with Crippen molar-refractivity contribution in [1.29, 1.82) is 0 Å². The van der Waals surface area contributed by atoms with Crippen LogP contribution in [0.3, 0.4) is 0 Å². The number of alkyl halides is 1. The Morgan fingerprint density at radius 1 is 1.19 bits per heavy atom. The minimum absolute atomic E-state index is 1.13. The molecule has 0 aliphatic carbocycles. The standard InChI is InChI=1S/C14H18Br2/c1-12-13(9-7-10-14(12)16)8-5-3-2-4-6-11-15/h5,7-10H,2-4,6,11H2,1H3/b8-5+. The quantitative estimate of drug-likeness (QED) is 0.456. The summed E-state index contributed by atoms with van der Waals surface area (Å²) >= 11 is 7.00. The molecular weight excluding hydrogens is 328 g/mol. The maximum Gasteiger partial charge on any atom is 0.0210 e. The second-order valence-electron chi connectivity index (χ2n) is 3.89. The number of unbranched alkanes of at least 4 members (excludes halogenated alkanes) is 3. The van der Waals surface area contributed by atoms with E-state index in [0.29, 0.717) is 0 Å². The molecule has 16 heavy (non-hydrogen) atoms. The summed E-state index contributed by atoms with van der Waals surface area (Å²) in [7, 11) is 0. The first-order valence-corrected chi connectivity index (χ1v) is 7.64. The number of hydrogen-bond donors (Lipinski definition) is 0. The van der Waals surface area contributed by atoms with Gasteiger partial charge in [0.25, 0.3) is 0 Å². The minimum atomic E-state index is 1.13. The Hall–Kier alpha value is -0.0800. The van der Waals surface area contributed by atoms with Crippen molar-refractivity contribution in [3.05, 3.63) is 39.9 Å².